The van der Waals surface area contributed by atoms with Crippen LogP contribution in [0, 0.1) is 11.6 Å². The zero-order valence-electron chi connectivity index (χ0n) is 11.3. The second-order valence-electron chi connectivity index (χ2n) is 4.82. The SMILES string of the molecule is CCN(C1CCS(=O)(=O)C1)S(=O)(=O)c1c(F)cccc1F. The van der Waals surface area contributed by atoms with Crippen LogP contribution in [0.25, 0.3) is 0 Å². The Morgan fingerprint density at radius 1 is 1.29 bits per heavy atom. The van der Waals surface area contributed by atoms with Gasteiger partial charge in [-0.1, -0.05) is 13.0 Å². The van der Waals surface area contributed by atoms with Crippen molar-refractivity contribution in [1.82, 2.24) is 4.31 Å². The highest BCUT2D eigenvalue weighted by molar-refractivity contribution is 7.92. The van der Waals surface area contributed by atoms with Crippen molar-refractivity contribution in [3.63, 3.8) is 0 Å². The van der Waals surface area contributed by atoms with E-state index in [1.54, 1.807) is 0 Å². The minimum atomic E-state index is -4.43. The van der Waals surface area contributed by atoms with Gasteiger partial charge in [0.15, 0.2) is 14.7 Å². The van der Waals surface area contributed by atoms with E-state index in [-0.39, 0.29) is 24.5 Å². The van der Waals surface area contributed by atoms with Gasteiger partial charge in [0.1, 0.15) is 11.6 Å². The Labute approximate surface area is 122 Å². The minimum absolute atomic E-state index is 0.0592. The molecule has 1 heterocycles. The van der Waals surface area contributed by atoms with Gasteiger partial charge < -0.3 is 0 Å². The van der Waals surface area contributed by atoms with Crippen LogP contribution in [0.15, 0.2) is 23.1 Å². The maximum absolute atomic E-state index is 13.7. The summed E-state index contributed by atoms with van der Waals surface area (Å²) in [4.78, 5) is -1.03. The Morgan fingerprint density at radius 3 is 2.29 bits per heavy atom. The summed E-state index contributed by atoms with van der Waals surface area (Å²) in [6, 6.07) is 1.99. The van der Waals surface area contributed by atoms with E-state index >= 15 is 0 Å². The molecule has 1 unspecified atom stereocenters. The van der Waals surface area contributed by atoms with Crippen LogP contribution in [-0.2, 0) is 19.9 Å². The summed E-state index contributed by atoms with van der Waals surface area (Å²) in [5.41, 5.74) is 0. The molecule has 1 fully saturated rings. The van der Waals surface area contributed by atoms with Crippen LogP contribution in [0.1, 0.15) is 13.3 Å². The number of halogens is 2. The molecular formula is C12H15F2NO4S2. The van der Waals surface area contributed by atoms with Crippen LogP contribution >= 0.6 is 0 Å². The molecule has 0 amide bonds. The molecule has 9 heteroatoms. The predicted octanol–water partition coefficient (Wildman–Crippen LogP) is 1.16. The lowest BCUT2D eigenvalue weighted by atomic mass is 10.3. The van der Waals surface area contributed by atoms with E-state index in [1.807, 2.05) is 0 Å². The lowest BCUT2D eigenvalue weighted by Crippen LogP contribution is -2.41. The monoisotopic (exact) mass is 339 g/mol. The van der Waals surface area contributed by atoms with E-state index in [9.17, 15) is 25.6 Å². The van der Waals surface area contributed by atoms with Gasteiger partial charge in [0.05, 0.1) is 11.5 Å². The van der Waals surface area contributed by atoms with Crippen LogP contribution in [0.3, 0.4) is 0 Å². The van der Waals surface area contributed by atoms with Gasteiger partial charge in [-0.3, -0.25) is 0 Å². The topological polar surface area (TPSA) is 71.5 Å². The number of sulfone groups is 1. The lowest BCUT2D eigenvalue weighted by molar-refractivity contribution is 0.349. The van der Waals surface area contributed by atoms with Crippen LogP contribution < -0.4 is 0 Å². The van der Waals surface area contributed by atoms with Crippen molar-refractivity contribution in [1.29, 1.82) is 0 Å². The van der Waals surface area contributed by atoms with Crippen LogP contribution in [0.4, 0.5) is 8.78 Å². The normalized spacial score (nSPS) is 21.8. The molecule has 5 nitrogen and oxygen atoms in total. The van der Waals surface area contributed by atoms with E-state index in [1.165, 1.54) is 6.92 Å². The molecular weight excluding hydrogens is 324 g/mol. The van der Waals surface area contributed by atoms with Crippen LogP contribution in [0.2, 0.25) is 0 Å². The Hall–Kier alpha value is -1.06. The summed E-state index contributed by atoms with van der Waals surface area (Å²) >= 11 is 0. The molecule has 0 saturated carbocycles. The van der Waals surface area contributed by atoms with E-state index in [0.717, 1.165) is 22.5 Å². The third kappa shape index (κ3) is 3.09. The molecule has 0 bridgehead atoms. The first kappa shape index (κ1) is 16.3. The highest BCUT2D eigenvalue weighted by Crippen LogP contribution is 2.27. The fraction of sp³-hybridized carbons (Fsp3) is 0.500. The molecule has 1 saturated heterocycles. The van der Waals surface area contributed by atoms with Gasteiger partial charge in [-0.05, 0) is 18.6 Å². The number of hydrogen-bond donors (Lipinski definition) is 0. The highest BCUT2D eigenvalue weighted by atomic mass is 32.2. The third-order valence-corrected chi connectivity index (χ3v) is 7.24. The van der Waals surface area contributed by atoms with Crippen LogP contribution in [-0.4, -0.2) is 45.2 Å². The molecule has 0 N–H and O–H groups in total. The van der Waals surface area contributed by atoms with Gasteiger partial charge in [-0.15, -0.1) is 0 Å². The molecule has 1 aliphatic rings. The Morgan fingerprint density at radius 2 is 1.86 bits per heavy atom. The van der Waals surface area contributed by atoms with Crippen molar-refractivity contribution in [2.75, 3.05) is 18.1 Å². The molecule has 1 atom stereocenters. The van der Waals surface area contributed by atoms with Gasteiger partial charge in [-0.2, -0.15) is 4.31 Å². The maximum Gasteiger partial charge on any atom is 0.249 e. The van der Waals surface area contributed by atoms with E-state index in [2.05, 4.69) is 0 Å². The first-order chi connectivity index (χ1) is 9.69. The average molecular weight is 339 g/mol. The molecule has 1 aromatic rings. The zero-order chi connectivity index (χ0) is 15.8. The number of benzene rings is 1. The van der Waals surface area contributed by atoms with Gasteiger partial charge in [0.2, 0.25) is 10.0 Å². The molecule has 0 aliphatic carbocycles. The molecule has 0 aromatic heterocycles. The van der Waals surface area contributed by atoms with Gasteiger partial charge >= 0.3 is 0 Å². The van der Waals surface area contributed by atoms with Crippen molar-refractivity contribution >= 4 is 19.9 Å². The van der Waals surface area contributed by atoms with Crippen molar-refractivity contribution in [3.05, 3.63) is 29.8 Å². The zero-order valence-corrected chi connectivity index (χ0v) is 12.9. The largest absolute Gasteiger partial charge is 0.249 e. The molecule has 2 rings (SSSR count). The quantitative estimate of drug-likeness (QED) is 0.825. The fourth-order valence-electron chi connectivity index (χ4n) is 2.47. The molecule has 21 heavy (non-hydrogen) atoms. The summed E-state index contributed by atoms with van der Waals surface area (Å²) in [6.45, 7) is 1.44. The Balaban J connectivity index is 2.46. The fourth-order valence-corrected chi connectivity index (χ4v) is 6.07. The standard InChI is InChI=1S/C12H15F2NO4S2/c1-2-15(9-6-7-20(16,17)8-9)21(18,19)12-10(13)4-3-5-11(12)14/h3-5,9H,2,6-8H2,1H3. The summed E-state index contributed by atoms with van der Waals surface area (Å²) in [7, 11) is -7.73. The minimum Gasteiger partial charge on any atom is -0.229 e. The molecule has 0 spiro atoms. The van der Waals surface area contributed by atoms with Gasteiger partial charge in [0, 0.05) is 12.6 Å². The second kappa shape index (κ2) is 5.62. The number of sulfonamides is 1. The molecule has 1 aromatic carbocycles. The molecule has 1 aliphatic heterocycles. The Bertz CT molecular complexity index is 726. The lowest BCUT2D eigenvalue weighted by Gasteiger charge is -2.26. The number of rotatable bonds is 4. The van der Waals surface area contributed by atoms with Crippen molar-refractivity contribution in [2.24, 2.45) is 0 Å². The van der Waals surface area contributed by atoms with Gasteiger partial charge in [-0.25, -0.2) is 25.6 Å². The third-order valence-electron chi connectivity index (χ3n) is 3.41. The smallest absolute Gasteiger partial charge is 0.229 e. The van der Waals surface area contributed by atoms with Gasteiger partial charge in [0.25, 0.3) is 0 Å². The maximum atomic E-state index is 13.7. The summed E-state index contributed by atoms with van der Waals surface area (Å²) in [5.74, 6) is -2.82. The molecule has 0 radical (unpaired) electrons. The van der Waals surface area contributed by atoms with Crippen LogP contribution in [0.5, 0.6) is 0 Å². The summed E-state index contributed by atoms with van der Waals surface area (Å²) < 4.78 is 76.2. The predicted molar refractivity (Wildman–Crippen MR) is 73.0 cm³/mol. The van der Waals surface area contributed by atoms with Crippen molar-refractivity contribution in [2.45, 2.75) is 24.3 Å². The first-order valence-electron chi connectivity index (χ1n) is 6.35. The van der Waals surface area contributed by atoms with E-state index in [4.69, 9.17) is 0 Å². The summed E-state index contributed by atoms with van der Waals surface area (Å²) in [6.07, 6.45) is 0.130. The van der Waals surface area contributed by atoms with E-state index in [0.29, 0.717) is 0 Å². The van der Waals surface area contributed by atoms with E-state index < -0.39 is 42.4 Å². The Kier molecular flexibility index (Phi) is 4.36. The highest BCUT2D eigenvalue weighted by Gasteiger charge is 2.39. The van der Waals surface area contributed by atoms with Crippen molar-refractivity contribution < 1.29 is 25.6 Å². The second-order valence-corrected chi connectivity index (χ2v) is 8.87. The first-order valence-corrected chi connectivity index (χ1v) is 9.61. The average Bonchev–Trinajstić information content (AvgIpc) is 2.69. The number of hydrogen-bond acceptors (Lipinski definition) is 4. The van der Waals surface area contributed by atoms with Crippen molar-refractivity contribution in [3.8, 4) is 0 Å². The molecule has 118 valence electrons. The number of nitrogens with zero attached hydrogens (tertiary/aromatic N) is 1. The summed E-state index contributed by atoms with van der Waals surface area (Å²) in [5, 5.41) is 0.